The molecule has 0 unspecified atom stereocenters. The van der Waals surface area contributed by atoms with Gasteiger partial charge in [0.05, 0.1) is 4.90 Å². The second-order valence-corrected chi connectivity index (χ2v) is 7.45. The van der Waals surface area contributed by atoms with Crippen molar-refractivity contribution in [2.45, 2.75) is 50.3 Å². The standard InChI is InChI=1S/C19H24O5S.Na/c1-2-3-4-5-6-7-15-8-10-17(11-9-15)24-18-12-16(20)13-19(14-18)25(21,22)23;/h8-14,20H,2-7H2,1H3,(H,21,22,23);/q;+1/p-1. The first-order valence-electron chi connectivity index (χ1n) is 8.45. The molecule has 26 heavy (non-hydrogen) atoms. The summed E-state index contributed by atoms with van der Waals surface area (Å²) in [7, 11) is -4.44. The Bertz CT molecular complexity index is 788. The number of unbranched alkanes of at least 4 members (excludes halogenated alkanes) is 4. The summed E-state index contributed by atoms with van der Waals surface area (Å²) in [6.45, 7) is 2.19. The summed E-state index contributed by atoms with van der Waals surface area (Å²) < 4.78 is 36.9. The number of hydrogen-bond acceptors (Lipinski definition) is 4. The van der Waals surface area contributed by atoms with E-state index in [9.17, 15) is 13.5 Å². The van der Waals surface area contributed by atoms with Crippen molar-refractivity contribution in [1.29, 1.82) is 0 Å². The van der Waals surface area contributed by atoms with E-state index in [-0.39, 0.29) is 35.3 Å². The van der Waals surface area contributed by atoms with Crippen LogP contribution in [0.15, 0.2) is 47.4 Å². The summed E-state index contributed by atoms with van der Waals surface area (Å²) in [6, 6.07) is 10.6. The third kappa shape index (κ3) is 7.68. The van der Waals surface area contributed by atoms with Crippen molar-refractivity contribution >= 4 is 10.1 Å². The molecule has 0 saturated heterocycles. The van der Waals surface area contributed by atoms with Gasteiger partial charge in [0.1, 0.15) is 11.5 Å². The molecule has 136 valence electrons. The van der Waals surface area contributed by atoms with E-state index in [0.29, 0.717) is 5.75 Å². The molecule has 0 radical (unpaired) electrons. The van der Waals surface area contributed by atoms with Crippen molar-refractivity contribution in [1.82, 2.24) is 0 Å². The van der Waals surface area contributed by atoms with E-state index in [1.807, 2.05) is 12.1 Å². The van der Waals surface area contributed by atoms with Crippen LogP contribution in [-0.4, -0.2) is 13.0 Å². The zero-order valence-electron chi connectivity index (χ0n) is 15.3. The average molecular weight is 386 g/mol. The minimum Gasteiger partial charge on any atom is -0.872 e. The molecule has 0 heterocycles. The Balaban J connectivity index is 0.00000338. The topological polar surface area (TPSA) is 86.7 Å². The molecule has 0 aliphatic heterocycles. The first-order chi connectivity index (χ1) is 11.9. The molecule has 2 rings (SSSR count). The summed E-state index contributed by atoms with van der Waals surface area (Å²) >= 11 is 0. The maximum absolute atomic E-state index is 11.5. The van der Waals surface area contributed by atoms with E-state index in [0.717, 1.165) is 25.0 Å². The molecule has 0 aromatic heterocycles. The molecule has 2 aromatic rings. The van der Waals surface area contributed by atoms with Crippen LogP contribution in [0.25, 0.3) is 0 Å². The first kappa shape index (κ1) is 23.0. The van der Waals surface area contributed by atoms with Gasteiger partial charge in [-0.1, -0.05) is 44.7 Å². The Hall–Kier alpha value is -1.05. The third-order valence-corrected chi connectivity index (χ3v) is 4.71. The van der Waals surface area contributed by atoms with Crippen LogP contribution < -0.4 is 39.4 Å². The smallest absolute Gasteiger partial charge is 0.872 e. The molecule has 1 N–H and O–H groups in total. The van der Waals surface area contributed by atoms with E-state index in [2.05, 4.69) is 6.92 Å². The van der Waals surface area contributed by atoms with Crippen LogP contribution >= 0.6 is 0 Å². The van der Waals surface area contributed by atoms with Gasteiger partial charge in [0.15, 0.2) is 0 Å². The van der Waals surface area contributed by atoms with Crippen molar-refractivity contribution in [2.75, 3.05) is 0 Å². The van der Waals surface area contributed by atoms with Crippen LogP contribution in [0.1, 0.15) is 44.6 Å². The number of hydrogen-bond donors (Lipinski definition) is 1. The van der Waals surface area contributed by atoms with Gasteiger partial charge in [-0.15, -0.1) is 5.75 Å². The number of benzene rings is 2. The van der Waals surface area contributed by atoms with E-state index < -0.39 is 20.8 Å². The van der Waals surface area contributed by atoms with Gasteiger partial charge in [-0.25, -0.2) is 0 Å². The maximum Gasteiger partial charge on any atom is 1.00 e. The van der Waals surface area contributed by atoms with E-state index >= 15 is 0 Å². The third-order valence-electron chi connectivity index (χ3n) is 3.88. The predicted molar refractivity (Wildman–Crippen MR) is 94.7 cm³/mol. The fourth-order valence-corrected chi connectivity index (χ4v) is 3.08. The molecule has 5 nitrogen and oxygen atoms in total. The average Bonchev–Trinajstić information content (AvgIpc) is 2.55. The Morgan fingerprint density at radius 1 is 0.962 bits per heavy atom. The molecule has 0 bridgehead atoms. The molecular weight excluding hydrogens is 363 g/mol. The fraction of sp³-hybridized carbons (Fsp3) is 0.368. The monoisotopic (exact) mass is 386 g/mol. The summed E-state index contributed by atoms with van der Waals surface area (Å²) in [5.74, 6) is 0.0304. The number of ether oxygens (including phenoxy) is 1. The zero-order valence-corrected chi connectivity index (χ0v) is 18.1. The van der Waals surface area contributed by atoms with Gasteiger partial charge in [-0.05, 0) is 42.7 Å². The van der Waals surface area contributed by atoms with Crippen molar-refractivity contribution < 1.29 is 52.4 Å². The molecule has 0 atom stereocenters. The number of aryl methyl sites for hydroxylation is 1. The van der Waals surface area contributed by atoms with Gasteiger partial charge in [-0.3, -0.25) is 4.55 Å². The van der Waals surface area contributed by atoms with Crippen LogP contribution in [0.3, 0.4) is 0 Å². The Morgan fingerprint density at radius 3 is 2.23 bits per heavy atom. The second kappa shape index (κ2) is 10.9. The maximum atomic E-state index is 11.5. The van der Waals surface area contributed by atoms with Crippen LogP contribution in [0.4, 0.5) is 0 Å². The quantitative estimate of drug-likeness (QED) is 0.399. The minimum atomic E-state index is -4.44. The molecule has 2 aromatic carbocycles. The van der Waals surface area contributed by atoms with E-state index in [1.54, 1.807) is 12.1 Å². The molecule has 0 aliphatic carbocycles. The van der Waals surface area contributed by atoms with E-state index in [1.165, 1.54) is 37.3 Å². The molecule has 0 aliphatic rings. The van der Waals surface area contributed by atoms with Crippen LogP contribution in [0.2, 0.25) is 0 Å². The van der Waals surface area contributed by atoms with Gasteiger partial charge in [0.2, 0.25) is 0 Å². The van der Waals surface area contributed by atoms with Crippen LogP contribution in [0.5, 0.6) is 17.2 Å². The minimum absolute atomic E-state index is 0. The largest absolute Gasteiger partial charge is 1.00 e. The van der Waals surface area contributed by atoms with E-state index in [4.69, 9.17) is 9.29 Å². The van der Waals surface area contributed by atoms with Gasteiger partial charge in [0, 0.05) is 6.07 Å². The fourth-order valence-electron chi connectivity index (χ4n) is 2.55. The normalized spacial score (nSPS) is 11.0. The van der Waals surface area contributed by atoms with Crippen molar-refractivity contribution in [3.05, 3.63) is 48.0 Å². The number of rotatable bonds is 9. The van der Waals surface area contributed by atoms with Crippen molar-refractivity contribution in [3.63, 3.8) is 0 Å². The summed E-state index contributed by atoms with van der Waals surface area (Å²) in [6.07, 6.45) is 7.15. The Kier molecular flexibility index (Phi) is 9.68. The molecule has 7 heteroatoms. The van der Waals surface area contributed by atoms with Gasteiger partial charge in [0.25, 0.3) is 10.1 Å². The van der Waals surface area contributed by atoms with Gasteiger partial charge >= 0.3 is 29.6 Å². The van der Waals surface area contributed by atoms with Crippen molar-refractivity contribution in [3.8, 4) is 17.2 Å². The van der Waals surface area contributed by atoms with Crippen LogP contribution in [-0.2, 0) is 16.5 Å². The Labute approximate surface area is 177 Å². The molecule has 0 fully saturated rings. The van der Waals surface area contributed by atoms with Crippen molar-refractivity contribution in [2.24, 2.45) is 0 Å². The summed E-state index contributed by atoms with van der Waals surface area (Å²) in [5.41, 5.74) is 1.21. The second-order valence-electron chi connectivity index (χ2n) is 6.03. The summed E-state index contributed by atoms with van der Waals surface area (Å²) in [4.78, 5) is -0.473. The first-order valence-corrected chi connectivity index (χ1v) is 9.89. The SMILES string of the molecule is CCCCCCCc1ccc(Oc2cc([O-])cc(S(=O)(=O)O)c2)cc1.[Na+]. The zero-order chi connectivity index (χ0) is 18.3. The Morgan fingerprint density at radius 2 is 1.62 bits per heavy atom. The molecular formula is C19H23NaO5S. The van der Waals surface area contributed by atoms with Crippen LogP contribution in [0, 0.1) is 0 Å². The predicted octanol–water partition coefficient (Wildman–Crippen LogP) is 1.32. The summed E-state index contributed by atoms with van der Waals surface area (Å²) in [5, 5.41) is 11.5. The van der Waals surface area contributed by atoms with Gasteiger partial charge in [-0.2, -0.15) is 8.42 Å². The molecule has 0 saturated carbocycles. The van der Waals surface area contributed by atoms with Gasteiger partial charge < -0.3 is 9.84 Å². The molecule has 0 amide bonds. The molecule has 0 spiro atoms.